The van der Waals surface area contributed by atoms with Gasteiger partial charge >= 0.3 is 0 Å². The van der Waals surface area contributed by atoms with E-state index in [4.69, 9.17) is 0 Å². The highest BCUT2D eigenvalue weighted by molar-refractivity contribution is 5.97. The monoisotopic (exact) mass is 289 g/mol. The van der Waals surface area contributed by atoms with Gasteiger partial charge in [-0.2, -0.15) is 0 Å². The van der Waals surface area contributed by atoms with E-state index in [9.17, 15) is 9.59 Å². The van der Waals surface area contributed by atoms with Gasteiger partial charge in [0.25, 0.3) is 5.91 Å². The number of hydrogen-bond acceptors (Lipinski definition) is 3. The van der Waals surface area contributed by atoms with Gasteiger partial charge in [0.1, 0.15) is 0 Å². The van der Waals surface area contributed by atoms with E-state index >= 15 is 0 Å². The van der Waals surface area contributed by atoms with Crippen molar-refractivity contribution in [1.82, 2.24) is 10.6 Å². The minimum atomic E-state index is -0.124. The van der Waals surface area contributed by atoms with Gasteiger partial charge in [0, 0.05) is 23.7 Å². The van der Waals surface area contributed by atoms with Gasteiger partial charge in [-0.3, -0.25) is 9.59 Å². The highest BCUT2D eigenvalue weighted by atomic mass is 16.2. The summed E-state index contributed by atoms with van der Waals surface area (Å²) in [5.41, 5.74) is 1.23. The summed E-state index contributed by atoms with van der Waals surface area (Å²) in [5.74, 6) is 0.295. The molecule has 3 N–H and O–H groups in total. The lowest BCUT2D eigenvalue weighted by molar-refractivity contribution is -0.116. The molecule has 1 saturated heterocycles. The SMILES string of the molecule is CC(C)NC(=O)c1cccc(NC(=O)CC2CCNC2)c1. The molecule has 0 radical (unpaired) electrons. The average molecular weight is 289 g/mol. The van der Waals surface area contributed by atoms with Gasteiger partial charge in [0.2, 0.25) is 5.91 Å². The smallest absolute Gasteiger partial charge is 0.251 e. The van der Waals surface area contributed by atoms with Crippen molar-refractivity contribution < 1.29 is 9.59 Å². The van der Waals surface area contributed by atoms with Crippen molar-refractivity contribution in [3.05, 3.63) is 29.8 Å². The number of hydrogen-bond donors (Lipinski definition) is 3. The van der Waals surface area contributed by atoms with E-state index < -0.39 is 0 Å². The zero-order chi connectivity index (χ0) is 15.2. The van der Waals surface area contributed by atoms with E-state index in [-0.39, 0.29) is 17.9 Å². The van der Waals surface area contributed by atoms with E-state index in [0.29, 0.717) is 23.6 Å². The van der Waals surface area contributed by atoms with Crippen LogP contribution in [0.2, 0.25) is 0 Å². The Morgan fingerprint density at radius 2 is 2.19 bits per heavy atom. The van der Waals surface area contributed by atoms with Crippen molar-refractivity contribution in [1.29, 1.82) is 0 Å². The van der Waals surface area contributed by atoms with Crippen LogP contribution in [0.15, 0.2) is 24.3 Å². The first-order chi connectivity index (χ1) is 10.0. The number of amides is 2. The zero-order valence-electron chi connectivity index (χ0n) is 12.6. The summed E-state index contributed by atoms with van der Waals surface area (Å²) in [4.78, 5) is 23.9. The largest absolute Gasteiger partial charge is 0.350 e. The second-order valence-corrected chi connectivity index (χ2v) is 5.82. The van der Waals surface area contributed by atoms with E-state index in [1.165, 1.54) is 0 Å². The fourth-order valence-corrected chi connectivity index (χ4v) is 2.45. The third kappa shape index (κ3) is 4.86. The van der Waals surface area contributed by atoms with Crippen LogP contribution < -0.4 is 16.0 Å². The van der Waals surface area contributed by atoms with Crippen molar-refractivity contribution in [2.75, 3.05) is 18.4 Å². The summed E-state index contributed by atoms with van der Waals surface area (Å²) in [6.07, 6.45) is 1.57. The number of anilines is 1. The van der Waals surface area contributed by atoms with Crippen LogP contribution in [0.1, 0.15) is 37.0 Å². The molecule has 0 aromatic heterocycles. The molecule has 0 saturated carbocycles. The van der Waals surface area contributed by atoms with Crippen LogP contribution in [0.3, 0.4) is 0 Å². The lowest BCUT2D eigenvalue weighted by Crippen LogP contribution is -2.30. The lowest BCUT2D eigenvalue weighted by Gasteiger charge is -2.11. The summed E-state index contributed by atoms with van der Waals surface area (Å²) >= 11 is 0. The van der Waals surface area contributed by atoms with Gasteiger partial charge in [0.15, 0.2) is 0 Å². The Balaban J connectivity index is 1.93. The van der Waals surface area contributed by atoms with Crippen LogP contribution in [0.4, 0.5) is 5.69 Å². The molecule has 2 rings (SSSR count). The minimum absolute atomic E-state index is 0.00474. The van der Waals surface area contributed by atoms with Gasteiger partial charge in [-0.25, -0.2) is 0 Å². The maximum atomic E-state index is 12.0. The summed E-state index contributed by atoms with van der Waals surface area (Å²) in [7, 11) is 0. The standard InChI is InChI=1S/C16H23N3O2/c1-11(2)18-16(21)13-4-3-5-14(9-13)19-15(20)8-12-6-7-17-10-12/h3-5,9,11-12,17H,6-8,10H2,1-2H3,(H,18,21)(H,19,20). The second-order valence-electron chi connectivity index (χ2n) is 5.82. The van der Waals surface area contributed by atoms with Gasteiger partial charge in [-0.15, -0.1) is 0 Å². The van der Waals surface area contributed by atoms with Crippen molar-refractivity contribution >= 4 is 17.5 Å². The average Bonchev–Trinajstić information content (AvgIpc) is 2.91. The van der Waals surface area contributed by atoms with Gasteiger partial charge in [-0.05, 0) is 57.5 Å². The molecular weight excluding hydrogens is 266 g/mol. The number of benzene rings is 1. The summed E-state index contributed by atoms with van der Waals surface area (Å²) in [6, 6.07) is 7.13. The molecule has 1 unspecified atom stereocenters. The molecule has 21 heavy (non-hydrogen) atoms. The van der Waals surface area contributed by atoms with Crippen molar-refractivity contribution in [3.8, 4) is 0 Å². The Kier molecular flexibility index (Phi) is 5.33. The summed E-state index contributed by atoms with van der Waals surface area (Å²) < 4.78 is 0. The van der Waals surface area contributed by atoms with Crippen molar-refractivity contribution in [2.45, 2.75) is 32.7 Å². The van der Waals surface area contributed by atoms with Crippen LogP contribution >= 0.6 is 0 Å². The van der Waals surface area contributed by atoms with Crippen LogP contribution in [0.25, 0.3) is 0 Å². The van der Waals surface area contributed by atoms with E-state index in [1.807, 2.05) is 13.8 Å². The molecule has 5 nitrogen and oxygen atoms in total. The molecule has 0 bridgehead atoms. The highest BCUT2D eigenvalue weighted by Crippen LogP contribution is 2.15. The molecule has 1 aromatic carbocycles. The lowest BCUT2D eigenvalue weighted by atomic mass is 10.0. The molecule has 0 aliphatic carbocycles. The van der Waals surface area contributed by atoms with Crippen LogP contribution in [0, 0.1) is 5.92 Å². The molecular formula is C16H23N3O2. The Morgan fingerprint density at radius 1 is 1.38 bits per heavy atom. The van der Waals surface area contributed by atoms with Gasteiger partial charge < -0.3 is 16.0 Å². The van der Waals surface area contributed by atoms with Gasteiger partial charge in [0.05, 0.1) is 0 Å². The summed E-state index contributed by atoms with van der Waals surface area (Å²) in [6.45, 7) is 5.73. The Hall–Kier alpha value is -1.88. The van der Waals surface area contributed by atoms with Crippen molar-refractivity contribution in [2.24, 2.45) is 5.92 Å². The number of carbonyl (C=O) groups excluding carboxylic acids is 2. The molecule has 1 aromatic rings. The molecule has 1 atom stereocenters. The summed E-state index contributed by atoms with van der Waals surface area (Å²) in [5, 5.41) is 8.96. The Labute approximate surface area is 125 Å². The predicted molar refractivity (Wildman–Crippen MR) is 83.3 cm³/mol. The van der Waals surface area contributed by atoms with Gasteiger partial charge in [-0.1, -0.05) is 6.07 Å². The third-order valence-corrected chi connectivity index (χ3v) is 3.46. The molecule has 0 spiro atoms. The number of nitrogens with one attached hydrogen (secondary N) is 3. The predicted octanol–water partition coefficient (Wildman–Crippen LogP) is 1.76. The van der Waals surface area contributed by atoms with Crippen LogP contribution in [-0.4, -0.2) is 30.9 Å². The first kappa shape index (κ1) is 15.5. The van der Waals surface area contributed by atoms with Crippen LogP contribution in [0.5, 0.6) is 0 Å². The normalized spacial score (nSPS) is 17.8. The van der Waals surface area contributed by atoms with E-state index in [2.05, 4.69) is 16.0 Å². The Bertz CT molecular complexity index is 508. The third-order valence-electron chi connectivity index (χ3n) is 3.46. The fraction of sp³-hybridized carbons (Fsp3) is 0.500. The minimum Gasteiger partial charge on any atom is -0.350 e. The first-order valence-corrected chi connectivity index (χ1v) is 7.46. The molecule has 114 valence electrons. The molecule has 1 aliphatic rings. The molecule has 1 aliphatic heterocycles. The molecule has 1 heterocycles. The maximum absolute atomic E-state index is 12.0. The number of rotatable bonds is 5. The highest BCUT2D eigenvalue weighted by Gasteiger charge is 2.18. The van der Waals surface area contributed by atoms with Crippen LogP contribution in [-0.2, 0) is 4.79 Å². The second kappa shape index (κ2) is 7.22. The molecule has 5 heteroatoms. The molecule has 1 fully saturated rings. The van der Waals surface area contributed by atoms with E-state index in [0.717, 1.165) is 19.5 Å². The molecule has 2 amide bonds. The fourth-order valence-electron chi connectivity index (χ4n) is 2.45. The first-order valence-electron chi connectivity index (χ1n) is 7.46. The van der Waals surface area contributed by atoms with E-state index in [1.54, 1.807) is 24.3 Å². The zero-order valence-corrected chi connectivity index (χ0v) is 12.6. The maximum Gasteiger partial charge on any atom is 0.251 e. The number of carbonyl (C=O) groups is 2. The quantitative estimate of drug-likeness (QED) is 0.773. The topological polar surface area (TPSA) is 70.2 Å². The Morgan fingerprint density at radius 3 is 2.86 bits per heavy atom. The van der Waals surface area contributed by atoms with Crippen molar-refractivity contribution in [3.63, 3.8) is 0 Å².